The highest BCUT2D eigenvalue weighted by Gasteiger charge is 2.30. The van der Waals surface area contributed by atoms with Crippen molar-refractivity contribution in [2.24, 2.45) is 11.7 Å². The van der Waals surface area contributed by atoms with Crippen molar-refractivity contribution in [1.82, 2.24) is 0 Å². The fourth-order valence-electron chi connectivity index (χ4n) is 2.17. The lowest BCUT2D eigenvalue weighted by Crippen LogP contribution is -2.30. The van der Waals surface area contributed by atoms with E-state index in [2.05, 4.69) is 0 Å². The zero-order chi connectivity index (χ0) is 10.8. The summed E-state index contributed by atoms with van der Waals surface area (Å²) in [6.45, 7) is 0. The number of rotatable bonds is 2. The van der Waals surface area contributed by atoms with Gasteiger partial charge >= 0.3 is 0 Å². The number of carbonyl (C=O) groups excluding carboxylic acids is 1. The Bertz CT molecular complexity index is 378. The zero-order valence-electron chi connectivity index (χ0n) is 8.45. The molecule has 1 aromatic carbocycles. The fourth-order valence-corrected chi connectivity index (χ4v) is 2.17. The largest absolute Gasteiger partial charge is 0.327 e. The highest BCUT2D eigenvalue weighted by Crippen LogP contribution is 2.27. The Morgan fingerprint density at radius 3 is 2.80 bits per heavy atom. The van der Waals surface area contributed by atoms with Crippen molar-refractivity contribution >= 4 is 5.78 Å². The second kappa shape index (κ2) is 4.11. The third kappa shape index (κ3) is 2.07. The lowest BCUT2D eigenvalue weighted by atomic mass is 9.93. The predicted molar refractivity (Wildman–Crippen MR) is 56.0 cm³/mol. The molecular weight excluding hydrogens is 193 g/mol. The first-order chi connectivity index (χ1) is 7.18. The van der Waals surface area contributed by atoms with Gasteiger partial charge in [0.25, 0.3) is 0 Å². The average molecular weight is 207 g/mol. The van der Waals surface area contributed by atoms with Crippen LogP contribution >= 0.6 is 0 Å². The summed E-state index contributed by atoms with van der Waals surface area (Å²) in [6.07, 6.45) is 2.72. The van der Waals surface area contributed by atoms with Crippen LogP contribution in [0.1, 0.15) is 29.6 Å². The summed E-state index contributed by atoms with van der Waals surface area (Å²) in [5, 5.41) is 0. The second-order valence-electron chi connectivity index (χ2n) is 4.08. The summed E-state index contributed by atoms with van der Waals surface area (Å²) in [4.78, 5) is 12.0. The van der Waals surface area contributed by atoms with Gasteiger partial charge in [0.2, 0.25) is 0 Å². The summed E-state index contributed by atoms with van der Waals surface area (Å²) in [6, 6.07) is 5.78. The van der Waals surface area contributed by atoms with E-state index in [0.29, 0.717) is 5.56 Å². The topological polar surface area (TPSA) is 43.1 Å². The molecule has 0 aromatic heterocycles. The zero-order valence-corrected chi connectivity index (χ0v) is 8.45. The standard InChI is InChI=1S/C12H14FNO/c13-9-4-1-3-8(7-9)12(15)10-5-2-6-11(10)14/h1,3-4,7,10-11H,2,5-6,14H2. The minimum absolute atomic E-state index is 0.0144. The van der Waals surface area contributed by atoms with E-state index in [1.807, 2.05) is 0 Å². The maximum atomic E-state index is 12.9. The molecule has 15 heavy (non-hydrogen) atoms. The molecule has 0 aliphatic heterocycles. The van der Waals surface area contributed by atoms with E-state index >= 15 is 0 Å². The minimum Gasteiger partial charge on any atom is -0.327 e. The molecule has 0 spiro atoms. The van der Waals surface area contributed by atoms with Crippen molar-refractivity contribution in [1.29, 1.82) is 0 Å². The summed E-state index contributed by atoms with van der Waals surface area (Å²) in [7, 11) is 0. The van der Waals surface area contributed by atoms with Gasteiger partial charge in [-0.1, -0.05) is 18.6 Å². The number of benzene rings is 1. The molecule has 2 N–H and O–H groups in total. The normalized spacial score (nSPS) is 25.5. The molecule has 0 heterocycles. The van der Waals surface area contributed by atoms with E-state index in [9.17, 15) is 9.18 Å². The Morgan fingerprint density at radius 1 is 1.40 bits per heavy atom. The molecular formula is C12H14FNO. The lowest BCUT2D eigenvalue weighted by molar-refractivity contribution is 0.0913. The first-order valence-corrected chi connectivity index (χ1v) is 5.24. The Kier molecular flexibility index (Phi) is 2.82. The van der Waals surface area contributed by atoms with Gasteiger partial charge in [-0.2, -0.15) is 0 Å². The molecule has 1 aliphatic rings. The van der Waals surface area contributed by atoms with Gasteiger partial charge in [0.05, 0.1) is 0 Å². The lowest BCUT2D eigenvalue weighted by Gasteiger charge is -2.13. The van der Waals surface area contributed by atoms with Crippen molar-refractivity contribution in [3.05, 3.63) is 35.6 Å². The molecule has 2 rings (SSSR count). The van der Waals surface area contributed by atoms with E-state index in [1.54, 1.807) is 12.1 Å². The third-order valence-electron chi connectivity index (χ3n) is 3.02. The first-order valence-electron chi connectivity index (χ1n) is 5.24. The summed E-state index contributed by atoms with van der Waals surface area (Å²) in [5.74, 6) is -0.501. The van der Waals surface area contributed by atoms with Gasteiger partial charge in [0, 0.05) is 17.5 Å². The van der Waals surface area contributed by atoms with Crippen LogP contribution in [-0.2, 0) is 0 Å². The number of hydrogen-bond acceptors (Lipinski definition) is 2. The number of Topliss-reactive ketones (excluding diaryl/α,β-unsaturated/α-hetero) is 1. The molecule has 1 saturated carbocycles. The predicted octanol–water partition coefficient (Wildman–Crippen LogP) is 2.14. The van der Waals surface area contributed by atoms with E-state index in [-0.39, 0.29) is 23.6 Å². The van der Waals surface area contributed by atoms with Crippen LogP contribution in [0.25, 0.3) is 0 Å². The molecule has 0 amide bonds. The minimum atomic E-state index is -0.368. The average Bonchev–Trinajstić information content (AvgIpc) is 2.63. The Labute approximate surface area is 88.3 Å². The Morgan fingerprint density at radius 2 is 2.20 bits per heavy atom. The summed E-state index contributed by atoms with van der Waals surface area (Å²) < 4.78 is 12.9. The molecule has 0 saturated heterocycles. The monoisotopic (exact) mass is 207 g/mol. The van der Waals surface area contributed by atoms with Crippen molar-refractivity contribution in [2.45, 2.75) is 25.3 Å². The van der Waals surface area contributed by atoms with Crippen molar-refractivity contribution in [2.75, 3.05) is 0 Å². The van der Waals surface area contributed by atoms with Crippen LogP contribution in [0.15, 0.2) is 24.3 Å². The summed E-state index contributed by atoms with van der Waals surface area (Å²) >= 11 is 0. The van der Waals surface area contributed by atoms with Crippen LogP contribution in [0.3, 0.4) is 0 Å². The van der Waals surface area contributed by atoms with Crippen LogP contribution in [0.5, 0.6) is 0 Å². The van der Waals surface area contributed by atoms with Crippen LogP contribution in [0.2, 0.25) is 0 Å². The van der Waals surface area contributed by atoms with Crippen LogP contribution < -0.4 is 5.73 Å². The van der Waals surface area contributed by atoms with Crippen molar-refractivity contribution in [3.63, 3.8) is 0 Å². The molecule has 0 radical (unpaired) electrons. The molecule has 1 fully saturated rings. The van der Waals surface area contributed by atoms with Crippen molar-refractivity contribution in [3.8, 4) is 0 Å². The quantitative estimate of drug-likeness (QED) is 0.755. The molecule has 1 aromatic rings. The maximum absolute atomic E-state index is 12.9. The van der Waals surface area contributed by atoms with Gasteiger partial charge in [0.1, 0.15) is 5.82 Å². The summed E-state index contributed by atoms with van der Waals surface area (Å²) in [5.41, 5.74) is 6.28. The SMILES string of the molecule is NC1CCCC1C(=O)c1cccc(F)c1. The smallest absolute Gasteiger partial charge is 0.167 e. The molecule has 1 aliphatic carbocycles. The Balaban J connectivity index is 2.20. The number of halogens is 1. The molecule has 80 valence electrons. The number of hydrogen-bond donors (Lipinski definition) is 1. The number of nitrogens with two attached hydrogens (primary N) is 1. The molecule has 2 unspecified atom stereocenters. The van der Waals surface area contributed by atoms with E-state index in [4.69, 9.17) is 5.73 Å². The highest BCUT2D eigenvalue weighted by molar-refractivity contribution is 5.98. The van der Waals surface area contributed by atoms with Crippen molar-refractivity contribution < 1.29 is 9.18 Å². The number of carbonyl (C=O) groups is 1. The van der Waals surface area contributed by atoms with E-state index < -0.39 is 0 Å². The van der Waals surface area contributed by atoms with Gasteiger partial charge in [-0.25, -0.2) is 4.39 Å². The number of ketones is 1. The fraction of sp³-hybridized carbons (Fsp3) is 0.417. The molecule has 2 nitrogen and oxygen atoms in total. The van der Waals surface area contributed by atoms with Gasteiger partial charge < -0.3 is 5.73 Å². The Hall–Kier alpha value is -1.22. The van der Waals surface area contributed by atoms with E-state index in [1.165, 1.54) is 12.1 Å². The van der Waals surface area contributed by atoms with Gasteiger partial charge in [-0.15, -0.1) is 0 Å². The van der Waals surface area contributed by atoms with Crippen LogP contribution in [0, 0.1) is 11.7 Å². The maximum Gasteiger partial charge on any atom is 0.167 e. The highest BCUT2D eigenvalue weighted by atomic mass is 19.1. The van der Waals surface area contributed by atoms with Gasteiger partial charge in [-0.05, 0) is 25.0 Å². The third-order valence-corrected chi connectivity index (χ3v) is 3.02. The van der Waals surface area contributed by atoms with E-state index in [0.717, 1.165) is 19.3 Å². The van der Waals surface area contributed by atoms with Gasteiger partial charge in [-0.3, -0.25) is 4.79 Å². The second-order valence-corrected chi connectivity index (χ2v) is 4.08. The van der Waals surface area contributed by atoms with Gasteiger partial charge in [0.15, 0.2) is 5.78 Å². The van der Waals surface area contributed by atoms with Crippen LogP contribution in [0.4, 0.5) is 4.39 Å². The van der Waals surface area contributed by atoms with Crippen LogP contribution in [-0.4, -0.2) is 11.8 Å². The molecule has 0 bridgehead atoms. The first kappa shape index (κ1) is 10.3. The molecule has 3 heteroatoms. The molecule has 2 atom stereocenters.